The van der Waals surface area contributed by atoms with E-state index in [1.54, 1.807) is 31.4 Å². The number of hydrogen-bond acceptors (Lipinski definition) is 5. The summed E-state index contributed by atoms with van der Waals surface area (Å²) in [6.07, 6.45) is 3.15. The van der Waals surface area contributed by atoms with Crippen LogP contribution in [0.15, 0.2) is 78.9 Å². The number of ether oxygens (including phenoxy) is 3. The fourth-order valence-electron chi connectivity index (χ4n) is 3.18. The van der Waals surface area contributed by atoms with E-state index in [4.69, 9.17) is 14.2 Å². The average molecular weight is 431 g/mol. The van der Waals surface area contributed by atoms with Crippen LogP contribution in [0, 0.1) is 0 Å². The second-order valence-electron chi connectivity index (χ2n) is 6.74. The number of fused-ring (bicyclic) bond motifs is 1. The van der Waals surface area contributed by atoms with Crippen molar-refractivity contribution in [3.63, 3.8) is 0 Å². The molecule has 0 aliphatic rings. The molecule has 5 heteroatoms. The van der Waals surface area contributed by atoms with E-state index in [1.165, 1.54) is 6.08 Å². The normalized spacial score (nSPS) is 11.0. The van der Waals surface area contributed by atoms with Gasteiger partial charge in [0.25, 0.3) is 0 Å². The monoisotopic (exact) mass is 430 g/mol. The first-order chi connectivity index (χ1) is 15.2. The molecule has 31 heavy (non-hydrogen) atoms. The minimum atomic E-state index is -0.351. The SMILES string of the molecule is CCOC(=O)/C=C/c1ccc(Oc2c(-c3ccccc3)sc3cc(OC)ccc23)cc1. The Morgan fingerprint density at radius 2 is 1.71 bits per heavy atom. The molecule has 4 rings (SSSR count). The number of methoxy groups -OCH3 is 1. The van der Waals surface area contributed by atoms with Crippen LogP contribution in [-0.4, -0.2) is 19.7 Å². The summed E-state index contributed by atoms with van der Waals surface area (Å²) in [6.45, 7) is 2.14. The van der Waals surface area contributed by atoms with Crippen LogP contribution in [0.1, 0.15) is 12.5 Å². The number of esters is 1. The van der Waals surface area contributed by atoms with Crippen molar-refractivity contribution in [1.29, 1.82) is 0 Å². The van der Waals surface area contributed by atoms with Gasteiger partial charge in [0.15, 0.2) is 5.75 Å². The minimum Gasteiger partial charge on any atom is -0.497 e. The van der Waals surface area contributed by atoms with Crippen LogP contribution >= 0.6 is 11.3 Å². The molecule has 0 saturated heterocycles. The molecular formula is C26H22O4S. The maximum absolute atomic E-state index is 11.5. The Hall–Kier alpha value is -3.57. The number of hydrogen-bond donors (Lipinski definition) is 0. The van der Waals surface area contributed by atoms with Crippen molar-refractivity contribution >= 4 is 33.5 Å². The van der Waals surface area contributed by atoms with Crippen LogP contribution in [0.4, 0.5) is 0 Å². The maximum Gasteiger partial charge on any atom is 0.330 e. The smallest absolute Gasteiger partial charge is 0.330 e. The van der Waals surface area contributed by atoms with E-state index in [1.807, 2.05) is 60.7 Å². The predicted molar refractivity (Wildman–Crippen MR) is 126 cm³/mol. The van der Waals surface area contributed by atoms with Crippen LogP contribution in [-0.2, 0) is 9.53 Å². The third-order valence-electron chi connectivity index (χ3n) is 4.69. The minimum absolute atomic E-state index is 0.351. The molecule has 0 saturated carbocycles. The summed E-state index contributed by atoms with van der Waals surface area (Å²) in [4.78, 5) is 12.6. The van der Waals surface area contributed by atoms with E-state index in [0.717, 1.165) is 43.3 Å². The van der Waals surface area contributed by atoms with Crippen LogP contribution < -0.4 is 9.47 Å². The summed E-state index contributed by atoms with van der Waals surface area (Å²) >= 11 is 1.68. The van der Waals surface area contributed by atoms with Gasteiger partial charge >= 0.3 is 5.97 Å². The van der Waals surface area contributed by atoms with Crippen LogP contribution in [0.25, 0.3) is 26.6 Å². The Morgan fingerprint density at radius 3 is 2.42 bits per heavy atom. The van der Waals surface area contributed by atoms with Crippen molar-refractivity contribution < 1.29 is 19.0 Å². The van der Waals surface area contributed by atoms with E-state index >= 15 is 0 Å². The van der Waals surface area contributed by atoms with Gasteiger partial charge in [-0.25, -0.2) is 4.79 Å². The summed E-state index contributed by atoms with van der Waals surface area (Å²) in [5.41, 5.74) is 2.00. The summed E-state index contributed by atoms with van der Waals surface area (Å²) in [7, 11) is 1.67. The molecule has 0 spiro atoms. The van der Waals surface area contributed by atoms with Gasteiger partial charge in [0.2, 0.25) is 0 Å². The van der Waals surface area contributed by atoms with Crippen molar-refractivity contribution in [1.82, 2.24) is 0 Å². The van der Waals surface area contributed by atoms with Gasteiger partial charge < -0.3 is 14.2 Å². The van der Waals surface area contributed by atoms with Crippen LogP contribution in [0.5, 0.6) is 17.2 Å². The highest BCUT2D eigenvalue weighted by Gasteiger charge is 2.17. The lowest BCUT2D eigenvalue weighted by Crippen LogP contribution is -1.98. The highest BCUT2D eigenvalue weighted by atomic mass is 32.1. The molecule has 0 atom stereocenters. The maximum atomic E-state index is 11.5. The molecule has 1 heterocycles. The van der Waals surface area contributed by atoms with Crippen LogP contribution in [0.2, 0.25) is 0 Å². The lowest BCUT2D eigenvalue weighted by molar-refractivity contribution is -0.137. The molecule has 0 unspecified atom stereocenters. The molecule has 1 aromatic heterocycles. The Balaban J connectivity index is 1.66. The molecule has 0 aliphatic carbocycles. The molecule has 3 aromatic carbocycles. The molecule has 156 valence electrons. The Bertz CT molecular complexity index is 1210. The number of carbonyl (C=O) groups excluding carboxylic acids is 1. The molecule has 0 amide bonds. The Morgan fingerprint density at radius 1 is 0.968 bits per heavy atom. The second-order valence-corrected chi connectivity index (χ2v) is 7.80. The number of carbonyl (C=O) groups is 1. The Labute approximate surface area is 185 Å². The zero-order chi connectivity index (χ0) is 21.6. The molecule has 0 bridgehead atoms. The second kappa shape index (κ2) is 9.49. The fourth-order valence-corrected chi connectivity index (χ4v) is 4.34. The molecule has 0 fully saturated rings. The van der Waals surface area contributed by atoms with Gasteiger partial charge in [0.1, 0.15) is 11.5 Å². The van der Waals surface area contributed by atoms with Crippen molar-refractivity contribution in [3.8, 4) is 27.7 Å². The largest absolute Gasteiger partial charge is 0.497 e. The first-order valence-corrected chi connectivity index (χ1v) is 10.8. The lowest BCUT2D eigenvalue weighted by atomic mass is 10.1. The van der Waals surface area contributed by atoms with Crippen LogP contribution in [0.3, 0.4) is 0 Å². The lowest BCUT2D eigenvalue weighted by Gasteiger charge is -2.09. The predicted octanol–water partition coefficient (Wildman–Crippen LogP) is 6.95. The third kappa shape index (κ3) is 4.78. The highest BCUT2D eigenvalue weighted by molar-refractivity contribution is 7.22. The highest BCUT2D eigenvalue weighted by Crippen LogP contribution is 2.47. The van der Waals surface area contributed by atoms with E-state index in [2.05, 4.69) is 12.1 Å². The quantitative estimate of drug-likeness (QED) is 0.235. The van der Waals surface area contributed by atoms with Crippen molar-refractivity contribution in [2.45, 2.75) is 6.92 Å². The van der Waals surface area contributed by atoms with E-state index < -0.39 is 0 Å². The van der Waals surface area contributed by atoms with Gasteiger partial charge in [0.05, 0.1) is 18.6 Å². The van der Waals surface area contributed by atoms with Gasteiger partial charge in [-0.1, -0.05) is 42.5 Å². The Kier molecular flexibility index (Phi) is 6.34. The fraction of sp³-hybridized carbons (Fsp3) is 0.115. The molecule has 0 radical (unpaired) electrons. The topological polar surface area (TPSA) is 44.8 Å². The summed E-state index contributed by atoms with van der Waals surface area (Å²) < 4.78 is 17.8. The molecular weight excluding hydrogens is 408 g/mol. The van der Waals surface area contributed by atoms with Crippen molar-refractivity contribution in [2.75, 3.05) is 13.7 Å². The zero-order valence-corrected chi connectivity index (χ0v) is 18.1. The first-order valence-electron chi connectivity index (χ1n) is 9.96. The first kappa shape index (κ1) is 20.7. The van der Waals surface area contributed by atoms with Gasteiger partial charge in [-0.05, 0) is 54.5 Å². The van der Waals surface area contributed by atoms with Gasteiger partial charge in [0, 0.05) is 16.2 Å². The number of thiophene rings is 1. The third-order valence-corrected chi connectivity index (χ3v) is 5.87. The molecule has 0 aliphatic heterocycles. The summed E-state index contributed by atoms with van der Waals surface area (Å²) in [5.74, 6) is 2.01. The zero-order valence-electron chi connectivity index (χ0n) is 17.3. The summed E-state index contributed by atoms with van der Waals surface area (Å²) in [5, 5.41) is 1.04. The van der Waals surface area contributed by atoms with Gasteiger partial charge in [-0.15, -0.1) is 11.3 Å². The van der Waals surface area contributed by atoms with Crippen molar-refractivity contribution in [3.05, 3.63) is 84.4 Å². The van der Waals surface area contributed by atoms with E-state index in [9.17, 15) is 4.79 Å². The summed E-state index contributed by atoms with van der Waals surface area (Å²) in [6, 6.07) is 23.8. The average Bonchev–Trinajstić information content (AvgIpc) is 3.17. The number of rotatable bonds is 7. The van der Waals surface area contributed by atoms with E-state index in [-0.39, 0.29) is 5.97 Å². The van der Waals surface area contributed by atoms with Crippen molar-refractivity contribution in [2.24, 2.45) is 0 Å². The van der Waals surface area contributed by atoms with Gasteiger partial charge in [-0.2, -0.15) is 0 Å². The molecule has 4 nitrogen and oxygen atoms in total. The molecule has 4 aromatic rings. The standard InChI is InChI=1S/C26H22O4S/c1-3-29-24(27)16-11-18-9-12-20(13-10-18)30-25-22-15-14-21(28-2)17-23(22)31-26(25)19-7-5-4-6-8-19/h4-17H,3H2,1-2H3/b16-11+. The number of benzene rings is 3. The molecule has 0 N–H and O–H groups in total. The van der Waals surface area contributed by atoms with Gasteiger partial charge in [-0.3, -0.25) is 0 Å². The van der Waals surface area contributed by atoms with E-state index in [0.29, 0.717) is 6.61 Å².